The Balaban J connectivity index is 1.24. The molecule has 51 heavy (non-hydrogen) atoms. The van der Waals surface area contributed by atoms with Gasteiger partial charge in [-0.05, 0) is 88.3 Å². The van der Waals surface area contributed by atoms with Crippen LogP contribution in [0.3, 0.4) is 0 Å². The highest BCUT2D eigenvalue weighted by atomic mass is 16.5. The molecule has 3 aliphatic heterocycles. The van der Waals surface area contributed by atoms with Gasteiger partial charge in [0.15, 0.2) is 5.60 Å². The summed E-state index contributed by atoms with van der Waals surface area (Å²) in [5.74, 6) is 1.61. The van der Waals surface area contributed by atoms with Crippen molar-refractivity contribution < 1.29 is 18.9 Å². The van der Waals surface area contributed by atoms with E-state index in [1.165, 1.54) is 22.5 Å². The first-order valence-corrected chi connectivity index (χ1v) is 17.9. The maximum atomic E-state index is 9.82. The predicted molar refractivity (Wildman–Crippen MR) is 202 cm³/mol. The van der Waals surface area contributed by atoms with Crippen molar-refractivity contribution in [1.82, 2.24) is 0 Å². The summed E-state index contributed by atoms with van der Waals surface area (Å²) in [5, 5.41) is 11.9. The third-order valence-corrected chi connectivity index (χ3v) is 11.3. The van der Waals surface area contributed by atoms with E-state index < -0.39 is 5.60 Å². The molecule has 0 amide bonds. The van der Waals surface area contributed by atoms with E-state index in [0.29, 0.717) is 5.56 Å². The van der Waals surface area contributed by atoms with Gasteiger partial charge in [0.25, 0.3) is 0 Å². The Bertz CT molecular complexity index is 2160. The molecular weight excluding hydrogens is 635 g/mol. The van der Waals surface area contributed by atoms with Gasteiger partial charge in [-0.25, -0.2) is 0 Å². The summed E-state index contributed by atoms with van der Waals surface area (Å²) in [4.78, 5) is 4.76. The molecule has 9 rings (SSSR count). The molecule has 0 spiro atoms. The highest BCUT2D eigenvalue weighted by Gasteiger charge is 2.44. The standard InChI is InChI=1S/C44H41N3O4/c1-43(2)39-26-29(28-45)4-14-36(39)40-35-15-13-34(48-3)27-38(35)42-37(41(40)43)16-17-44(51-42,30-5-9-32(10-6-30)46-18-22-49-23-19-46)31-7-11-33(12-8-31)47-20-24-50-25-21-47/h4-17,26-27H,18-25H2,1-3H3. The summed E-state index contributed by atoms with van der Waals surface area (Å²) >= 11 is 0. The number of rotatable bonds is 5. The minimum atomic E-state index is -0.895. The van der Waals surface area contributed by atoms with E-state index in [4.69, 9.17) is 18.9 Å². The van der Waals surface area contributed by atoms with Gasteiger partial charge < -0.3 is 28.7 Å². The lowest BCUT2D eigenvalue weighted by molar-refractivity contribution is 0.122. The van der Waals surface area contributed by atoms with Crippen molar-refractivity contribution in [2.45, 2.75) is 24.9 Å². The number of nitrogens with zero attached hydrogens (tertiary/aromatic N) is 3. The number of morpholine rings is 2. The zero-order valence-electron chi connectivity index (χ0n) is 29.4. The van der Waals surface area contributed by atoms with Crippen molar-refractivity contribution in [3.05, 3.63) is 124 Å². The molecule has 4 aliphatic rings. The van der Waals surface area contributed by atoms with Gasteiger partial charge in [-0.15, -0.1) is 0 Å². The van der Waals surface area contributed by atoms with Gasteiger partial charge in [-0.1, -0.05) is 50.3 Å². The number of nitriles is 1. The number of hydrogen-bond acceptors (Lipinski definition) is 7. The lowest BCUT2D eigenvalue weighted by atomic mass is 9.76. The van der Waals surface area contributed by atoms with E-state index in [0.717, 1.165) is 103 Å². The minimum absolute atomic E-state index is 0.358. The monoisotopic (exact) mass is 675 g/mol. The smallest absolute Gasteiger partial charge is 0.178 e. The molecule has 0 atom stereocenters. The van der Waals surface area contributed by atoms with Crippen LogP contribution < -0.4 is 19.3 Å². The van der Waals surface area contributed by atoms with Gasteiger partial charge in [0.1, 0.15) is 11.5 Å². The molecule has 0 saturated carbocycles. The molecule has 3 heterocycles. The second-order valence-corrected chi connectivity index (χ2v) is 14.4. The fraction of sp³-hybridized carbons (Fsp3) is 0.295. The van der Waals surface area contributed by atoms with Gasteiger partial charge in [0.05, 0.1) is 45.2 Å². The Kier molecular flexibility index (Phi) is 7.57. The first kappa shape index (κ1) is 31.7. The van der Waals surface area contributed by atoms with Crippen LogP contribution in [-0.2, 0) is 20.5 Å². The van der Waals surface area contributed by atoms with Crippen LogP contribution in [0.4, 0.5) is 11.4 Å². The highest BCUT2D eigenvalue weighted by molar-refractivity contribution is 6.09. The molecule has 0 N–H and O–H groups in total. The largest absolute Gasteiger partial charge is 0.497 e. The third-order valence-electron chi connectivity index (χ3n) is 11.3. The van der Waals surface area contributed by atoms with Crippen LogP contribution in [-0.4, -0.2) is 59.7 Å². The van der Waals surface area contributed by atoms with E-state index in [9.17, 15) is 5.26 Å². The van der Waals surface area contributed by atoms with Gasteiger partial charge in [-0.3, -0.25) is 0 Å². The minimum Gasteiger partial charge on any atom is -0.497 e. The summed E-state index contributed by atoms with van der Waals surface area (Å²) in [6, 6.07) is 32.5. The van der Waals surface area contributed by atoms with Crippen LogP contribution in [0.5, 0.6) is 11.5 Å². The Labute approximate surface area is 299 Å². The number of hydrogen-bond donors (Lipinski definition) is 0. The molecule has 0 aromatic heterocycles. The lowest BCUT2D eigenvalue weighted by Gasteiger charge is -2.39. The van der Waals surface area contributed by atoms with Crippen molar-refractivity contribution in [2.24, 2.45) is 0 Å². The summed E-state index contributed by atoms with van der Waals surface area (Å²) in [7, 11) is 1.71. The van der Waals surface area contributed by atoms with Crippen molar-refractivity contribution >= 4 is 28.2 Å². The quantitative estimate of drug-likeness (QED) is 0.187. The van der Waals surface area contributed by atoms with Gasteiger partial charge in [0, 0.05) is 65.0 Å². The summed E-state index contributed by atoms with van der Waals surface area (Å²) < 4.78 is 24.6. The lowest BCUT2D eigenvalue weighted by Crippen LogP contribution is -2.37. The summed E-state index contributed by atoms with van der Waals surface area (Å²) in [6.45, 7) is 11.0. The van der Waals surface area contributed by atoms with Gasteiger partial charge in [0.2, 0.25) is 0 Å². The molecule has 2 fully saturated rings. The molecule has 7 heteroatoms. The average molecular weight is 676 g/mol. The van der Waals surface area contributed by atoms with Crippen LogP contribution in [0, 0.1) is 11.3 Å². The second kappa shape index (κ2) is 12.2. The van der Waals surface area contributed by atoms with E-state index in [1.807, 2.05) is 12.1 Å². The first-order chi connectivity index (χ1) is 24.9. The molecule has 2 saturated heterocycles. The molecule has 5 aromatic rings. The fourth-order valence-electron chi connectivity index (χ4n) is 8.62. The van der Waals surface area contributed by atoms with Crippen LogP contribution >= 0.6 is 0 Å². The molecule has 0 radical (unpaired) electrons. The van der Waals surface area contributed by atoms with Crippen molar-refractivity contribution in [3.63, 3.8) is 0 Å². The van der Waals surface area contributed by atoms with E-state index in [2.05, 4.69) is 115 Å². The SMILES string of the molecule is COc1ccc2c3c(c4c(c2c1)OC(c1ccc(N2CCOCC2)cc1)(c1ccc(N2CCOCC2)cc1)C=C4)C(C)(C)c1cc(C#N)ccc1-3. The second-order valence-electron chi connectivity index (χ2n) is 14.4. The van der Waals surface area contributed by atoms with Crippen molar-refractivity contribution in [1.29, 1.82) is 5.26 Å². The zero-order chi connectivity index (χ0) is 34.7. The Hall–Kier alpha value is -5.29. The first-order valence-electron chi connectivity index (χ1n) is 17.9. The van der Waals surface area contributed by atoms with Crippen LogP contribution in [0.15, 0.2) is 91.0 Å². The topological polar surface area (TPSA) is 67.2 Å². The van der Waals surface area contributed by atoms with E-state index >= 15 is 0 Å². The summed E-state index contributed by atoms with van der Waals surface area (Å²) in [6.07, 6.45) is 4.52. The highest BCUT2D eigenvalue weighted by Crippen LogP contribution is 2.58. The maximum absolute atomic E-state index is 9.82. The fourth-order valence-corrected chi connectivity index (χ4v) is 8.62. The van der Waals surface area contributed by atoms with Gasteiger partial charge in [-0.2, -0.15) is 5.26 Å². The molecule has 0 bridgehead atoms. The molecule has 7 nitrogen and oxygen atoms in total. The normalized spacial score (nSPS) is 18.4. The number of anilines is 2. The average Bonchev–Trinajstić information content (AvgIpc) is 3.44. The molecule has 1 aliphatic carbocycles. The van der Waals surface area contributed by atoms with E-state index in [-0.39, 0.29) is 5.41 Å². The third kappa shape index (κ3) is 5.00. The molecular formula is C44H41N3O4. The molecule has 5 aromatic carbocycles. The predicted octanol–water partition coefficient (Wildman–Crippen LogP) is 8.05. The number of benzene rings is 5. The Morgan fingerprint density at radius 2 is 1.33 bits per heavy atom. The summed E-state index contributed by atoms with van der Waals surface area (Å²) in [5.41, 5.74) is 9.69. The van der Waals surface area contributed by atoms with Crippen molar-refractivity contribution in [2.75, 3.05) is 69.5 Å². The van der Waals surface area contributed by atoms with Crippen LogP contribution in [0.2, 0.25) is 0 Å². The molecule has 0 unspecified atom stereocenters. The van der Waals surface area contributed by atoms with Crippen LogP contribution in [0.1, 0.15) is 47.2 Å². The van der Waals surface area contributed by atoms with Crippen molar-refractivity contribution in [3.8, 4) is 28.7 Å². The Morgan fingerprint density at radius 3 is 1.90 bits per heavy atom. The van der Waals surface area contributed by atoms with E-state index in [1.54, 1.807) is 7.11 Å². The molecule has 256 valence electrons. The number of ether oxygens (including phenoxy) is 4. The van der Waals surface area contributed by atoms with Crippen LogP contribution in [0.25, 0.3) is 28.0 Å². The zero-order valence-corrected chi connectivity index (χ0v) is 29.4. The Morgan fingerprint density at radius 1 is 0.725 bits per heavy atom. The maximum Gasteiger partial charge on any atom is 0.178 e. The number of fused-ring (bicyclic) bond motifs is 8. The number of methoxy groups -OCH3 is 1. The van der Waals surface area contributed by atoms with Gasteiger partial charge >= 0.3 is 0 Å².